The van der Waals surface area contributed by atoms with Crippen LogP contribution < -0.4 is 15.4 Å². The predicted molar refractivity (Wildman–Crippen MR) is 91.3 cm³/mol. The molecule has 9 heteroatoms. The maximum atomic E-state index is 13.2. The number of imide groups is 1. The number of hydrogen-bond acceptors (Lipinski definition) is 5. The summed E-state index contributed by atoms with van der Waals surface area (Å²) in [6.45, 7) is -0.246. The van der Waals surface area contributed by atoms with E-state index < -0.39 is 35.0 Å². The number of ether oxygens (including phenoxy) is 1. The number of carbonyl (C=O) groups is 2. The van der Waals surface area contributed by atoms with Crippen LogP contribution in [-0.2, 0) is 4.79 Å². The summed E-state index contributed by atoms with van der Waals surface area (Å²) in [5.41, 5.74) is 0.828. The lowest BCUT2D eigenvalue weighted by molar-refractivity contribution is -0.385. The van der Waals surface area contributed by atoms with Gasteiger partial charge in [0.25, 0.3) is 5.91 Å². The first-order valence-corrected chi connectivity index (χ1v) is 8.28. The molecule has 1 aromatic carbocycles. The minimum Gasteiger partial charge on any atom is -0.477 e. The largest absolute Gasteiger partial charge is 0.477 e. The molecule has 2 N–H and O–H groups in total. The van der Waals surface area contributed by atoms with Crippen LogP contribution in [0.2, 0.25) is 0 Å². The standard InChI is InChI=1S/C17H20FN3O5/c18-13-6-7-14(21(24)25)15(10-13)26-11-16(22)20-17(23)19-9-8-12-4-2-1-3-5-12/h4,6-7,10H,1-3,5,8-9,11H2,(H2,19,20,22,23). The number of amides is 3. The zero-order valence-electron chi connectivity index (χ0n) is 14.1. The van der Waals surface area contributed by atoms with Crippen molar-refractivity contribution in [2.24, 2.45) is 0 Å². The van der Waals surface area contributed by atoms with Crippen LogP contribution in [0.15, 0.2) is 29.8 Å². The lowest BCUT2D eigenvalue weighted by Gasteiger charge is -2.13. The van der Waals surface area contributed by atoms with Gasteiger partial charge < -0.3 is 10.1 Å². The number of rotatable bonds is 7. The van der Waals surface area contributed by atoms with E-state index in [1.54, 1.807) is 0 Å². The van der Waals surface area contributed by atoms with Gasteiger partial charge in [-0.15, -0.1) is 0 Å². The smallest absolute Gasteiger partial charge is 0.321 e. The average Bonchev–Trinajstić information content (AvgIpc) is 2.60. The van der Waals surface area contributed by atoms with Crippen LogP contribution in [0, 0.1) is 15.9 Å². The fourth-order valence-electron chi connectivity index (χ4n) is 2.57. The molecular formula is C17H20FN3O5. The Balaban J connectivity index is 1.74. The molecule has 8 nitrogen and oxygen atoms in total. The number of nitrogens with zero attached hydrogens (tertiary/aromatic N) is 1. The van der Waals surface area contributed by atoms with Crippen molar-refractivity contribution < 1.29 is 23.6 Å². The maximum Gasteiger partial charge on any atom is 0.321 e. The Morgan fingerprint density at radius 3 is 2.81 bits per heavy atom. The first kappa shape index (κ1) is 19.4. The number of urea groups is 1. The Morgan fingerprint density at radius 1 is 1.31 bits per heavy atom. The van der Waals surface area contributed by atoms with Crippen molar-refractivity contribution in [1.82, 2.24) is 10.6 Å². The molecule has 3 amide bonds. The highest BCUT2D eigenvalue weighted by Gasteiger charge is 2.17. The van der Waals surface area contributed by atoms with Gasteiger partial charge in [-0.1, -0.05) is 11.6 Å². The van der Waals surface area contributed by atoms with Crippen LogP contribution in [0.25, 0.3) is 0 Å². The Labute approximate surface area is 149 Å². The summed E-state index contributed by atoms with van der Waals surface area (Å²) in [5.74, 6) is -1.91. The lowest BCUT2D eigenvalue weighted by Crippen LogP contribution is -2.42. The SMILES string of the molecule is O=C(COc1cc(F)ccc1[N+](=O)[O-])NC(=O)NCCC1=CCCCC1. The van der Waals surface area contributed by atoms with Crippen LogP contribution in [-0.4, -0.2) is 30.0 Å². The van der Waals surface area contributed by atoms with E-state index in [1.807, 2.05) is 0 Å². The van der Waals surface area contributed by atoms with Gasteiger partial charge in [-0.05, 0) is 38.2 Å². The summed E-state index contributed by atoms with van der Waals surface area (Å²) in [6.07, 6.45) is 7.34. The summed E-state index contributed by atoms with van der Waals surface area (Å²) < 4.78 is 18.1. The fraction of sp³-hybridized carbons (Fsp3) is 0.412. The molecule has 1 aliphatic carbocycles. The van der Waals surface area contributed by atoms with Gasteiger partial charge in [0.05, 0.1) is 4.92 Å². The van der Waals surface area contributed by atoms with E-state index in [0.717, 1.165) is 43.9 Å². The van der Waals surface area contributed by atoms with Crippen LogP contribution in [0.4, 0.5) is 14.9 Å². The van der Waals surface area contributed by atoms with E-state index in [4.69, 9.17) is 4.74 Å². The summed E-state index contributed by atoms with van der Waals surface area (Å²) in [5, 5.41) is 15.5. The van der Waals surface area contributed by atoms with Gasteiger partial charge in [0.2, 0.25) is 5.75 Å². The summed E-state index contributed by atoms with van der Waals surface area (Å²) in [7, 11) is 0. The van der Waals surface area contributed by atoms with Crippen molar-refractivity contribution in [1.29, 1.82) is 0 Å². The van der Waals surface area contributed by atoms with E-state index in [0.29, 0.717) is 6.54 Å². The molecule has 2 rings (SSSR count). The minimum atomic E-state index is -0.794. The second kappa shape index (κ2) is 9.50. The van der Waals surface area contributed by atoms with Gasteiger partial charge in [0, 0.05) is 18.7 Å². The molecule has 0 radical (unpaired) electrons. The monoisotopic (exact) mass is 365 g/mol. The Kier molecular flexibility index (Phi) is 7.07. The highest BCUT2D eigenvalue weighted by molar-refractivity contribution is 5.95. The zero-order chi connectivity index (χ0) is 18.9. The molecule has 0 aromatic heterocycles. The van der Waals surface area contributed by atoms with E-state index in [2.05, 4.69) is 16.7 Å². The van der Waals surface area contributed by atoms with Crippen molar-refractivity contribution in [2.75, 3.05) is 13.2 Å². The van der Waals surface area contributed by atoms with Crippen molar-refractivity contribution in [3.8, 4) is 5.75 Å². The minimum absolute atomic E-state index is 0.380. The lowest BCUT2D eigenvalue weighted by atomic mass is 9.97. The van der Waals surface area contributed by atoms with E-state index in [9.17, 15) is 24.1 Å². The second-order valence-corrected chi connectivity index (χ2v) is 5.82. The topological polar surface area (TPSA) is 111 Å². The molecule has 0 saturated heterocycles. The third-order valence-electron chi connectivity index (χ3n) is 3.85. The summed E-state index contributed by atoms with van der Waals surface area (Å²) >= 11 is 0. The number of hydrogen-bond donors (Lipinski definition) is 2. The molecule has 0 atom stereocenters. The number of nitro benzene ring substituents is 1. The van der Waals surface area contributed by atoms with Gasteiger partial charge in [-0.3, -0.25) is 20.2 Å². The number of carbonyl (C=O) groups excluding carboxylic acids is 2. The molecule has 26 heavy (non-hydrogen) atoms. The predicted octanol–water partition coefficient (Wildman–Crippen LogP) is 2.83. The van der Waals surface area contributed by atoms with Crippen LogP contribution in [0.5, 0.6) is 5.75 Å². The van der Waals surface area contributed by atoms with Gasteiger partial charge in [0.15, 0.2) is 6.61 Å². The first-order chi connectivity index (χ1) is 12.5. The molecule has 1 aromatic rings. The third kappa shape index (κ3) is 6.15. The van der Waals surface area contributed by atoms with E-state index in [-0.39, 0.29) is 5.75 Å². The Morgan fingerprint density at radius 2 is 2.12 bits per heavy atom. The summed E-state index contributed by atoms with van der Waals surface area (Å²) in [4.78, 5) is 33.4. The van der Waals surface area contributed by atoms with E-state index in [1.165, 1.54) is 12.0 Å². The highest BCUT2D eigenvalue weighted by atomic mass is 19.1. The van der Waals surface area contributed by atoms with Gasteiger partial charge in [-0.25, -0.2) is 9.18 Å². The average molecular weight is 365 g/mol. The number of benzene rings is 1. The summed E-state index contributed by atoms with van der Waals surface area (Å²) in [6, 6.07) is 1.99. The van der Waals surface area contributed by atoms with E-state index >= 15 is 0 Å². The molecule has 0 unspecified atom stereocenters. The molecule has 0 heterocycles. The van der Waals surface area contributed by atoms with Crippen LogP contribution in [0.1, 0.15) is 32.1 Å². The molecule has 0 saturated carbocycles. The van der Waals surface area contributed by atoms with Gasteiger partial charge in [-0.2, -0.15) is 0 Å². The molecular weight excluding hydrogens is 345 g/mol. The normalized spacial score (nSPS) is 13.5. The number of nitrogens with one attached hydrogen (secondary N) is 2. The van der Waals surface area contributed by atoms with Gasteiger partial charge >= 0.3 is 11.7 Å². The quantitative estimate of drug-likeness (QED) is 0.438. The molecule has 1 aliphatic rings. The van der Waals surface area contributed by atoms with Crippen molar-refractivity contribution in [3.63, 3.8) is 0 Å². The highest BCUT2D eigenvalue weighted by Crippen LogP contribution is 2.27. The molecule has 140 valence electrons. The molecule has 0 fully saturated rings. The van der Waals surface area contributed by atoms with Crippen LogP contribution in [0.3, 0.4) is 0 Å². The third-order valence-corrected chi connectivity index (χ3v) is 3.85. The second-order valence-electron chi connectivity index (χ2n) is 5.82. The van der Waals surface area contributed by atoms with Crippen molar-refractivity contribution >= 4 is 17.6 Å². The Bertz CT molecular complexity index is 720. The molecule has 0 bridgehead atoms. The zero-order valence-corrected chi connectivity index (χ0v) is 14.1. The Hall–Kier alpha value is -2.97. The number of nitro groups is 1. The van der Waals surface area contributed by atoms with Crippen molar-refractivity contribution in [2.45, 2.75) is 32.1 Å². The molecule has 0 spiro atoms. The van der Waals surface area contributed by atoms with Crippen LogP contribution >= 0.6 is 0 Å². The number of halogens is 1. The first-order valence-electron chi connectivity index (χ1n) is 8.28. The number of allylic oxidation sites excluding steroid dienone is 1. The fourth-order valence-corrected chi connectivity index (χ4v) is 2.57. The van der Waals surface area contributed by atoms with Gasteiger partial charge in [0.1, 0.15) is 5.82 Å². The van der Waals surface area contributed by atoms with Crippen molar-refractivity contribution in [3.05, 3.63) is 45.8 Å². The molecule has 0 aliphatic heterocycles. The maximum absolute atomic E-state index is 13.2.